The summed E-state index contributed by atoms with van der Waals surface area (Å²) in [7, 11) is 1.27. The Balaban J connectivity index is 1.95. The van der Waals surface area contributed by atoms with Crippen LogP contribution in [-0.2, 0) is 19.1 Å². The Morgan fingerprint density at radius 2 is 1.85 bits per heavy atom. The summed E-state index contributed by atoms with van der Waals surface area (Å²) in [4.78, 5) is 36.1. The van der Waals surface area contributed by atoms with E-state index >= 15 is 0 Å². The van der Waals surface area contributed by atoms with E-state index < -0.39 is 30.5 Å². The fourth-order valence-corrected chi connectivity index (χ4v) is 2.53. The summed E-state index contributed by atoms with van der Waals surface area (Å²) in [5.74, 6) is -1.79. The third-order valence-electron chi connectivity index (χ3n) is 4.30. The molecule has 0 saturated heterocycles. The molecular weight excluding hydrogens is 348 g/mol. The number of carbonyl (C=O) groups excluding carboxylic acids is 3. The Kier molecular flexibility index (Phi) is 7.16. The molecule has 2 aromatic rings. The highest BCUT2D eigenvalue weighted by molar-refractivity contribution is 5.92. The van der Waals surface area contributed by atoms with Crippen LogP contribution in [0.2, 0.25) is 0 Å². The number of hydrogen-bond acceptors (Lipinski definition) is 5. The first-order valence-electron chi connectivity index (χ1n) is 8.74. The third kappa shape index (κ3) is 5.44. The van der Waals surface area contributed by atoms with E-state index in [1.165, 1.54) is 7.11 Å². The summed E-state index contributed by atoms with van der Waals surface area (Å²) in [5.41, 5.74) is 1.14. The van der Waals surface area contributed by atoms with Gasteiger partial charge in [0.25, 0.3) is 5.91 Å². The smallest absolute Gasteiger partial charge is 0.338 e. The normalized spacial score (nSPS) is 12.7. The van der Waals surface area contributed by atoms with E-state index in [1.54, 1.807) is 18.2 Å². The van der Waals surface area contributed by atoms with Gasteiger partial charge in [-0.25, -0.2) is 9.59 Å². The summed E-state index contributed by atoms with van der Waals surface area (Å²) in [6, 6.07) is 9.87. The molecular formula is C20H24N2O5. The molecule has 2 rings (SSSR count). The maximum Gasteiger partial charge on any atom is 0.338 e. The van der Waals surface area contributed by atoms with Gasteiger partial charge in [-0.05, 0) is 36.2 Å². The van der Waals surface area contributed by atoms with Crippen molar-refractivity contribution in [2.24, 2.45) is 5.92 Å². The van der Waals surface area contributed by atoms with Crippen LogP contribution in [0, 0.1) is 5.92 Å². The number of nitrogens with one attached hydrogen (secondary N) is 1. The number of carbonyl (C=O) groups is 3. The van der Waals surface area contributed by atoms with Crippen molar-refractivity contribution < 1.29 is 23.9 Å². The number of esters is 2. The number of ether oxygens (including phenoxy) is 2. The van der Waals surface area contributed by atoms with E-state index in [2.05, 4.69) is 5.32 Å². The standard InChI is InChI=1S/C20H24N2O5/c1-4-14(2)18(20(25)26-3)21-17(23)13-27-19(24)15-8-7-9-16(12-15)22-10-5-6-11-22/h5-12,14,18H,4,13H2,1-3H3,(H,21,23). The second kappa shape index (κ2) is 9.56. The summed E-state index contributed by atoms with van der Waals surface area (Å²) < 4.78 is 11.7. The molecule has 144 valence electrons. The number of methoxy groups -OCH3 is 1. The van der Waals surface area contributed by atoms with Crippen LogP contribution in [0.4, 0.5) is 0 Å². The van der Waals surface area contributed by atoms with E-state index in [4.69, 9.17) is 9.47 Å². The van der Waals surface area contributed by atoms with Crippen LogP contribution in [0.25, 0.3) is 5.69 Å². The van der Waals surface area contributed by atoms with Crippen LogP contribution < -0.4 is 5.32 Å². The van der Waals surface area contributed by atoms with Crippen LogP contribution >= 0.6 is 0 Å². The summed E-state index contributed by atoms with van der Waals surface area (Å²) in [6.45, 7) is 3.27. The fourth-order valence-electron chi connectivity index (χ4n) is 2.53. The number of rotatable bonds is 8. The first-order chi connectivity index (χ1) is 13.0. The van der Waals surface area contributed by atoms with Crippen LogP contribution in [0.5, 0.6) is 0 Å². The van der Waals surface area contributed by atoms with E-state index in [0.717, 1.165) is 5.69 Å². The van der Waals surface area contributed by atoms with Gasteiger partial charge in [0.1, 0.15) is 6.04 Å². The SMILES string of the molecule is CCC(C)C(NC(=O)COC(=O)c1cccc(-n2cccc2)c1)C(=O)OC. The molecule has 27 heavy (non-hydrogen) atoms. The van der Waals surface area contributed by atoms with Crippen molar-refractivity contribution in [3.05, 3.63) is 54.4 Å². The topological polar surface area (TPSA) is 86.6 Å². The molecule has 7 nitrogen and oxygen atoms in total. The predicted molar refractivity (Wildman–Crippen MR) is 99.5 cm³/mol. The van der Waals surface area contributed by atoms with Gasteiger partial charge in [0.15, 0.2) is 6.61 Å². The first-order valence-corrected chi connectivity index (χ1v) is 8.74. The second-order valence-corrected chi connectivity index (χ2v) is 6.17. The Bertz CT molecular complexity index is 785. The van der Waals surface area contributed by atoms with Crippen LogP contribution in [0.1, 0.15) is 30.6 Å². The van der Waals surface area contributed by atoms with E-state index in [9.17, 15) is 14.4 Å². The summed E-state index contributed by atoms with van der Waals surface area (Å²) >= 11 is 0. The third-order valence-corrected chi connectivity index (χ3v) is 4.30. The number of hydrogen-bond donors (Lipinski definition) is 1. The van der Waals surface area contributed by atoms with Crippen LogP contribution in [-0.4, -0.2) is 42.2 Å². The maximum absolute atomic E-state index is 12.2. The Morgan fingerprint density at radius 1 is 1.15 bits per heavy atom. The molecule has 2 atom stereocenters. The lowest BCUT2D eigenvalue weighted by atomic mass is 9.99. The van der Waals surface area contributed by atoms with E-state index in [1.807, 2.05) is 49.0 Å². The van der Waals surface area contributed by atoms with Gasteiger partial charge in [-0.15, -0.1) is 0 Å². The number of amides is 1. The molecule has 1 N–H and O–H groups in total. The molecule has 1 aromatic carbocycles. The first kappa shape index (κ1) is 20.2. The second-order valence-electron chi connectivity index (χ2n) is 6.17. The molecule has 1 amide bonds. The van der Waals surface area contributed by atoms with E-state index in [0.29, 0.717) is 12.0 Å². The molecule has 2 unspecified atom stereocenters. The van der Waals surface area contributed by atoms with Gasteiger partial charge in [0.05, 0.1) is 12.7 Å². The highest BCUT2D eigenvalue weighted by atomic mass is 16.5. The van der Waals surface area contributed by atoms with Gasteiger partial charge in [-0.2, -0.15) is 0 Å². The lowest BCUT2D eigenvalue weighted by molar-refractivity contribution is -0.147. The molecule has 0 aliphatic rings. The van der Waals surface area contributed by atoms with Gasteiger partial charge in [-0.3, -0.25) is 4.79 Å². The zero-order valence-corrected chi connectivity index (χ0v) is 15.7. The minimum Gasteiger partial charge on any atom is -0.467 e. The van der Waals surface area contributed by atoms with Gasteiger partial charge in [0, 0.05) is 18.1 Å². The Hall–Kier alpha value is -3.09. The summed E-state index contributed by atoms with van der Waals surface area (Å²) in [5, 5.41) is 2.56. The number of nitrogens with zero attached hydrogens (tertiary/aromatic N) is 1. The average Bonchev–Trinajstić information content (AvgIpc) is 3.24. The van der Waals surface area contributed by atoms with Gasteiger partial charge in [-0.1, -0.05) is 26.3 Å². The van der Waals surface area contributed by atoms with Gasteiger partial charge in [0.2, 0.25) is 0 Å². The van der Waals surface area contributed by atoms with Crippen molar-refractivity contribution in [2.45, 2.75) is 26.3 Å². The quantitative estimate of drug-likeness (QED) is 0.719. The van der Waals surface area contributed by atoms with Crippen molar-refractivity contribution in [3.8, 4) is 5.69 Å². The Labute approximate surface area is 158 Å². The molecule has 0 aliphatic heterocycles. The zero-order chi connectivity index (χ0) is 19.8. The van der Waals surface area contributed by atoms with Crippen LogP contribution in [0.15, 0.2) is 48.8 Å². The average molecular weight is 372 g/mol. The Morgan fingerprint density at radius 3 is 2.48 bits per heavy atom. The van der Waals surface area contributed by atoms with E-state index in [-0.39, 0.29) is 5.92 Å². The fraction of sp³-hybridized carbons (Fsp3) is 0.350. The lowest BCUT2D eigenvalue weighted by Crippen LogP contribution is -2.47. The highest BCUT2D eigenvalue weighted by Crippen LogP contribution is 2.12. The van der Waals surface area contributed by atoms with Crippen molar-refractivity contribution in [1.29, 1.82) is 0 Å². The molecule has 0 bridgehead atoms. The maximum atomic E-state index is 12.2. The zero-order valence-electron chi connectivity index (χ0n) is 15.7. The van der Waals surface area contributed by atoms with Crippen molar-refractivity contribution in [1.82, 2.24) is 9.88 Å². The highest BCUT2D eigenvalue weighted by Gasteiger charge is 2.27. The lowest BCUT2D eigenvalue weighted by Gasteiger charge is -2.21. The van der Waals surface area contributed by atoms with Crippen molar-refractivity contribution in [3.63, 3.8) is 0 Å². The molecule has 7 heteroatoms. The molecule has 0 aliphatic carbocycles. The minimum atomic E-state index is -0.775. The monoisotopic (exact) mass is 372 g/mol. The largest absolute Gasteiger partial charge is 0.467 e. The molecule has 0 radical (unpaired) electrons. The molecule has 0 saturated carbocycles. The van der Waals surface area contributed by atoms with Gasteiger partial charge >= 0.3 is 11.9 Å². The molecule has 0 spiro atoms. The molecule has 1 aromatic heterocycles. The van der Waals surface area contributed by atoms with Crippen LogP contribution in [0.3, 0.4) is 0 Å². The summed E-state index contributed by atoms with van der Waals surface area (Å²) in [6.07, 6.45) is 4.41. The predicted octanol–water partition coefficient (Wildman–Crippen LogP) is 2.34. The van der Waals surface area contributed by atoms with Crippen molar-refractivity contribution >= 4 is 17.8 Å². The number of benzene rings is 1. The van der Waals surface area contributed by atoms with Crippen molar-refractivity contribution in [2.75, 3.05) is 13.7 Å². The molecule has 1 heterocycles. The minimum absolute atomic E-state index is 0.102. The van der Waals surface area contributed by atoms with Gasteiger partial charge < -0.3 is 19.4 Å². The number of aromatic nitrogens is 1. The molecule has 0 fully saturated rings.